The summed E-state index contributed by atoms with van der Waals surface area (Å²) in [6.45, 7) is 1.25. The molecule has 0 radical (unpaired) electrons. The molecule has 0 fully saturated rings. The number of rotatable bonds is 17. The summed E-state index contributed by atoms with van der Waals surface area (Å²) in [7, 11) is 2.46. The molecular weight excluding hydrogens is 788 g/mol. The first-order valence-electron chi connectivity index (χ1n) is 18.5. The Labute approximate surface area is 349 Å². The molecule has 5 aromatic rings. The number of phenols is 2. The van der Waals surface area contributed by atoms with Crippen molar-refractivity contribution in [1.29, 1.82) is 5.26 Å². The first kappa shape index (κ1) is 44.0. The number of phenolic OH excluding ortho intramolecular Hbond substituents is 2. The van der Waals surface area contributed by atoms with E-state index in [-0.39, 0.29) is 70.1 Å². The maximum absolute atomic E-state index is 14.5. The minimum atomic E-state index is -1.02. The van der Waals surface area contributed by atoms with Crippen molar-refractivity contribution in [1.82, 2.24) is 0 Å². The van der Waals surface area contributed by atoms with Gasteiger partial charge in [0.2, 0.25) is 5.91 Å². The van der Waals surface area contributed by atoms with E-state index in [0.717, 1.165) is 6.08 Å². The van der Waals surface area contributed by atoms with E-state index in [1.165, 1.54) is 93.9 Å². The van der Waals surface area contributed by atoms with Crippen LogP contribution >= 0.6 is 0 Å². The highest BCUT2D eigenvalue weighted by Gasteiger charge is 2.25. The molecule has 15 heteroatoms. The summed E-state index contributed by atoms with van der Waals surface area (Å²) in [6.07, 6.45) is 0.368. The van der Waals surface area contributed by atoms with Crippen molar-refractivity contribution in [3.63, 3.8) is 0 Å². The number of halogens is 1. The van der Waals surface area contributed by atoms with Crippen molar-refractivity contribution in [3.8, 4) is 29.1 Å². The maximum Gasteiger partial charge on any atom is 0.259 e. The van der Waals surface area contributed by atoms with Gasteiger partial charge in [0, 0.05) is 36.1 Å². The Bertz CT molecular complexity index is 2570. The van der Waals surface area contributed by atoms with Crippen LogP contribution in [0.1, 0.15) is 72.3 Å². The van der Waals surface area contributed by atoms with Gasteiger partial charge in [-0.3, -0.25) is 28.8 Å². The predicted molar refractivity (Wildman–Crippen MR) is 224 cm³/mol. The predicted octanol–water partition coefficient (Wildman–Crippen LogP) is 7.69. The lowest BCUT2D eigenvalue weighted by Gasteiger charge is -2.16. The van der Waals surface area contributed by atoms with Gasteiger partial charge in [-0.15, -0.1) is 0 Å². The van der Waals surface area contributed by atoms with Crippen molar-refractivity contribution in [3.05, 3.63) is 142 Å². The maximum atomic E-state index is 14.5. The van der Waals surface area contributed by atoms with Crippen LogP contribution in [0.2, 0.25) is 0 Å². The summed E-state index contributed by atoms with van der Waals surface area (Å²) in [6, 6.07) is 27.4. The third-order valence-electron chi connectivity index (χ3n) is 9.35. The molecule has 0 unspecified atom stereocenters. The number of hydrogen-bond donors (Lipinski definition) is 5. The Morgan fingerprint density at radius 3 is 1.85 bits per heavy atom. The number of nitriles is 1. The molecule has 0 saturated carbocycles. The lowest BCUT2D eigenvalue weighted by molar-refractivity contribution is -0.119. The van der Waals surface area contributed by atoms with Gasteiger partial charge in [-0.05, 0) is 72.7 Å². The molecule has 0 aliphatic heterocycles. The average Bonchev–Trinajstić information content (AvgIpc) is 3.24. The van der Waals surface area contributed by atoms with Gasteiger partial charge in [0.05, 0.1) is 48.7 Å². The number of ether oxygens (including phenoxy) is 2. The molecule has 14 nitrogen and oxygen atoms in total. The molecule has 61 heavy (non-hydrogen) atoms. The van der Waals surface area contributed by atoms with Gasteiger partial charge in [0.15, 0.2) is 46.2 Å². The van der Waals surface area contributed by atoms with Crippen LogP contribution in [0.5, 0.6) is 23.0 Å². The van der Waals surface area contributed by atoms with E-state index in [4.69, 9.17) is 9.47 Å². The fourth-order valence-electron chi connectivity index (χ4n) is 6.12. The van der Waals surface area contributed by atoms with Crippen molar-refractivity contribution in [2.24, 2.45) is 5.92 Å². The number of aromatic hydroxyl groups is 2. The second kappa shape index (κ2) is 20.0. The van der Waals surface area contributed by atoms with E-state index in [9.17, 15) is 48.6 Å². The summed E-state index contributed by atoms with van der Waals surface area (Å²) in [5, 5.41) is 38.5. The Morgan fingerprint density at radius 2 is 1.28 bits per heavy atom. The van der Waals surface area contributed by atoms with Crippen molar-refractivity contribution in [2.45, 2.75) is 26.2 Å². The average molecular weight is 827 g/mol. The molecule has 5 rings (SSSR count). The molecule has 0 heterocycles. The molecule has 0 aliphatic rings. The Kier molecular flexibility index (Phi) is 14.4. The van der Waals surface area contributed by atoms with Crippen molar-refractivity contribution in [2.75, 3.05) is 30.2 Å². The largest absolute Gasteiger partial charge is 0.504 e. The number of allylic oxidation sites excluding steroid dienone is 1. The van der Waals surface area contributed by atoms with Crippen LogP contribution in [0.15, 0.2) is 109 Å². The van der Waals surface area contributed by atoms with Crippen LogP contribution in [0.4, 0.5) is 21.5 Å². The molecule has 1 atom stereocenters. The number of anilines is 3. The summed E-state index contributed by atoms with van der Waals surface area (Å²) in [4.78, 5) is 76.9. The molecule has 0 aromatic heterocycles. The van der Waals surface area contributed by atoms with E-state index < -0.39 is 58.3 Å². The number of carbonyl (C=O) groups excluding carboxylic acids is 6. The van der Waals surface area contributed by atoms with Gasteiger partial charge in [0.25, 0.3) is 11.8 Å². The molecule has 0 bridgehead atoms. The molecule has 3 amide bonds. The Hall–Kier alpha value is -8.12. The van der Waals surface area contributed by atoms with Gasteiger partial charge in [0.1, 0.15) is 0 Å². The van der Waals surface area contributed by atoms with E-state index in [0.29, 0.717) is 11.1 Å². The number of carbonyl (C=O) groups is 6. The molecule has 310 valence electrons. The third-order valence-corrected chi connectivity index (χ3v) is 9.35. The van der Waals surface area contributed by atoms with Gasteiger partial charge in [-0.1, -0.05) is 54.6 Å². The second-order valence-corrected chi connectivity index (χ2v) is 13.5. The summed E-state index contributed by atoms with van der Waals surface area (Å²) in [5.74, 6) is -7.07. The molecular formula is C46H39FN4O10. The normalized spacial score (nSPS) is 11.4. The Balaban J connectivity index is 1.18. The van der Waals surface area contributed by atoms with Crippen molar-refractivity contribution < 1.29 is 52.8 Å². The van der Waals surface area contributed by atoms with Gasteiger partial charge < -0.3 is 35.6 Å². The van der Waals surface area contributed by atoms with Crippen LogP contribution < -0.4 is 25.4 Å². The van der Waals surface area contributed by atoms with Gasteiger partial charge in [-0.25, -0.2) is 4.39 Å². The number of amides is 3. The number of Topliss-reactive ketones (excluding diaryl/α,β-unsaturated/α-hetero) is 3. The lowest BCUT2D eigenvalue weighted by atomic mass is 9.94. The molecule has 0 saturated heterocycles. The molecule has 5 N–H and O–H groups in total. The fourth-order valence-corrected chi connectivity index (χ4v) is 6.12. The SMILES string of the molecule is COc1c(NC(=O)c2ccc(NC(=O)c3ccc(NC(=O)[C@H](CC#N)CC(=O)c4ccc(CC(=O)/C(F)=C/c5ccccc5)cc4)cc3)c(OC)c2O)ccc(C(C)=O)c1O. The highest BCUT2D eigenvalue weighted by atomic mass is 19.1. The van der Waals surface area contributed by atoms with Gasteiger partial charge >= 0.3 is 0 Å². The van der Waals surface area contributed by atoms with Crippen LogP contribution in [-0.2, 0) is 16.0 Å². The quantitative estimate of drug-likeness (QED) is 0.0452. The highest BCUT2D eigenvalue weighted by molar-refractivity contribution is 6.10. The number of hydrogen-bond acceptors (Lipinski definition) is 11. The molecule has 0 aliphatic carbocycles. The summed E-state index contributed by atoms with van der Waals surface area (Å²) in [5.41, 5.74) is 1.42. The number of benzene rings is 5. The number of ketones is 3. The van der Waals surface area contributed by atoms with E-state index in [2.05, 4.69) is 16.0 Å². The number of nitrogens with one attached hydrogen (secondary N) is 3. The van der Waals surface area contributed by atoms with E-state index >= 15 is 0 Å². The zero-order valence-electron chi connectivity index (χ0n) is 33.1. The highest BCUT2D eigenvalue weighted by Crippen LogP contribution is 2.40. The zero-order chi connectivity index (χ0) is 44.2. The topological polar surface area (TPSA) is 221 Å². The first-order valence-corrected chi connectivity index (χ1v) is 18.5. The zero-order valence-corrected chi connectivity index (χ0v) is 33.1. The van der Waals surface area contributed by atoms with Gasteiger partial charge in [-0.2, -0.15) is 5.26 Å². The lowest BCUT2D eigenvalue weighted by Crippen LogP contribution is -2.25. The number of nitrogens with zero attached hydrogens (tertiary/aromatic N) is 1. The fraction of sp³-hybridized carbons (Fsp3) is 0.152. The minimum Gasteiger partial charge on any atom is -0.504 e. The first-order chi connectivity index (χ1) is 29.2. The minimum absolute atomic E-state index is 0.0111. The van der Waals surface area contributed by atoms with E-state index in [1.54, 1.807) is 30.3 Å². The molecule has 5 aromatic carbocycles. The van der Waals surface area contributed by atoms with Crippen molar-refractivity contribution >= 4 is 58.2 Å². The van der Waals surface area contributed by atoms with Crippen LogP contribution in [0.25, 0.3) is 6.08 Å². The smallest absolute Gasteiger partial charge is 0.259 e. The standard InChI is InChI=1S/C46H39FN4O10/c1-26(52)33-17-19-37(42(60-2)40(33)55)51-46(59)34-18-20-36(43(61-3)41(34)56)50-44(57)30-13-15-32(16-14-30)49-45(58)31(21-22-48)25-38(53)29-11-9-28(10-12-29)24-39(54)35(47)23-27-7-5-4-6-8-27/h4-20,23,31,55-56H,21,24-25H2,1-3H3,(H,49,58)(H,50,57)(H,51,59)/b35-23-/t31-/m1/s1. The van der Waals surface area contributed by atoms with E-state index in [1.807, 2.05) is 6.07 Å². The summed E-state index contributed by atoms with van der Waals surface area (Å²) < 4.78 is 24.9. The monoisotopic (exact) mass is 826 g/mol. The van der Waals surface area contributed by atoms with Crippen LogP contribution in [0, 0.1) is 17.2 Å². The molecule has 0 spiro atoms. The second-order valence-electron chi connectivity index (χ2n) is 13.5. The van der Waals surface area contributed by atoms with Crippen LogP contribution in [0.3, 0.4) is 0 Å². The number of methoxy groups -OCH3 is 2. The summed E-state index contributed by atoms with van der Waals surface area (Å²) >= 11 is 0. The third kappa shape index (κ3) is 10.9. The van der Waals surface area contributed by atoms with Crippen LogP contribution in [-0.4, -0.2) is 59.5 Å². The Morgan fingerprint density at radius 1 is 0.721 bits per heavy atom.